The largest absolute Gasteiger partial charge is 0.493 e. The summed E-state index contributed by atoms with van der Waals surface area (Å²) < 4.78 is 30.3. The molecule has 8 heteroatoms. The number of halogens is 2. The van der Waals surface area contributed by atoms with E-state index in [0.717, 1.165) is 15.6 Å². The molecule has 0 saturated heterocycles. The van der Waals surface area contributed by atoms with E-state index in [0.29, 0.717) is 36.3 Å². The van der Waals surface area contributed by atoms with Gasteiger partial charge in [-0.3, -0.25) is 4.99 Å². The van der Waals surface area contributed by atoms with Gasteiger partial charge in [0.25, 0.3) is 0 Å². The average molecular weight is 440 g/mol. The molecule has 0 aliphatic carbocycles. The van der Waals surface area contributed by atoms with E-state index in [1.807, 2.05) is 12.1 Å². The van der Waals surface area contributed by atoms with Crippen LogP contribution in [0.25, 0.3) is 0 Å². The van der Waals surface area contributed by atoms with Gasteiger partial charge in [-0.05, 0) is 41.5 Å². The predicted octanol–water partition coefficient (Wildman–Crippen LogP) is 3.48. The van der Waals surface area contributed by atoms with Crippen LogP contribution in [-0.2, 0) is 13.1 Å². The topological polar surface area (TPSA) is 64.1 Å². The second kappa shape index (κ2) is 10.0. The van der Waals surface area contributed by atoms with Crippen molar-refractivity contribution in [2.24, 2.45) is 4.99 Å². The average Bonchev–Trinajstić information content (AvgIpc) is 2.69. The third kappa shape index (κ3) is 5.50. The van der Waals surface area contributed by atoms with Crippen LogP contribution in [0.3, 0.4) is 0 Å². The summed E-state index contributed by atoms with van der Waals surface area (Å²) in [5.74, 6) is 2.01. The molecule has 2 aromatic carbocycles. The summed E-state index contributed by atoms with van der Waals surface area (Å²) in [7, 11) is 6.39. The van der Waals surface area contributed by atoms with Crippen molar-refractivity contribution < 1.29 is 18.6 Å². The van der Waals surface area contributed by atoms with Gasteiger partial charge in [-0.15, -0.1) is 0 Å². The Bertz CT molecular complexity index is 790. The van der Waals surface area contributed by atoms with Crippen molar-refractivity contribution >= 4 is 21.9 Å². The lowest BCUT2D eigenvalue weighted by molar-refractivity contribution is 0.323. The van der Waals surface area contributed by atoms with Crippen LogP contribution in [0, 0.1) is 5.82 Å². The van der Waals surface area contributed by atoms with E-state index in [1.54, 1.807) is 34.4 Å². The first-order chi connectivity index (χ1) is 13.0. The summed E-state index contributed by atoms with van der Waals surface area (Å²) in [5.41, 5.74) is 1.73. The van der Waals surface area contributed by atoms with Gasteiger partial charge in [0.15, 0.2) is 17.5 Å². The molecule has 0 saturated carbocycles. The molecule has 0 atom stereocenters. The number of nitrogens with zero attached hydrogens (tertiary/aromatic N) is 1. The molecule has 2 N–H and O–H groups in total. The van der Waals surface area contributed by atoms with Gasteiger partial charge in [0.1, 0.15) is 5.82 Å². The molecular weight excluding hydrogens is 417 g/mol. The smallest absolute Gasteiger partial charge is 0.203 e. The predicted molar refractivity (Wildman–Crippen MR) is 107 cm³/mol. The first kappa shape index (κ1) is 20.8. The summed E-state index contributed by atoms with van der Waals surface area (Å²) in [6.07, 6.45) is 0. The molecule has 2 aromatic rings. The van der Waals surface area contributed by atoms with Crippen LogP contribution in [0.15, 0.2) is 39.8 Å². The Labute approximate surface area is 166 Å². The number of guanidine groups is 1. The summed E-state index contributed by atoms with van der Waals surface area (Å²) in [5, 5.41) is 6.37. The van der Waals surface area contributed by atoms with Crippen LogP contribution in [0.5, 0.6) is 17.2 Å². The fraction of sp³-hybridized carbons (Fsp3) is 0.316. The van der Waals surface area contributed by atoms with E-state index < -0.39 is 0 Å². The van der Waals surface area contributed by atoms with Crippen molar-refractivity contribution in [1.82, 2.24) is 10.6 Å². The third-order valence-corrected chi connectivity index (χ3v) is 4.64. The minimum Gasteiger partial charge on any atom is -0.493 e. The van der Waals surface area contributed by atoms with E-state index >= 15 is 0 Å². The Kier molecular flexibility index (Phi) is 7.72. The van der Waals surface area contributed by atoms with E-state index in [-0.39, 0.29) is 5.82 Å². The Morgan fingerprint density at radius 2 is 1.63 bits per heavy atom. The highest BCUT2D eigenvalue weighted by Gasteiger charge is 2.13. The Hall–Kier alpha value is -2.48. The molecule has 0 fully saturated rings. The SMILES string of the molecule is CN=C(NCc1cc(OC)c(OC)c(OC)c1)NCc1cc(F)ccc1Br. The molecular formula is C19H23BrFN3O3. The van der Waals surface area contributed by atoms with E-state index in [1.165, 1.54) is 12.1 Å². The normalized spacial score (nSPS) is 11.1. The molecule has 0 heterocycles. The Morgan fingerprint density at radius 3 is 2.19 bits per heavy atom. The van der Waals surface area contributed by atoms with Crippen molar-refractivity contribution in [2.75, 3.05) is 28.4 Å². The zero-order chi connectivity index (χ0) is 19.8. The highest BCUT2D eigenvalue weighted by atomic mass is 79.9. The van der Waals surface area contributed by atoms with Crippen LogP contribution in [0.4, 0.5) is 4.39 Å². The van der Waals surface area contributed by atoms with E-state index in [9.17, 15) is 4.39 Å². The standard InChI is InChI=1S/C19H23BrFN3O3/c1-22-19(24-11-13-9-14(21)5-6-15(13)20)23-10-12-7-16(25-2)18(27-4)17(8-12)26-3/h5-9H,10-11H2,1-4H3,(H2,22,23,24). The maximum atomic E-state index is 13.4. The molecule has 0 aliphatic heterocycles. The molecule has 0 aromatic heterocycles. The van der Waals surface area contributed by atoms with Gasteiger partial charge in [-0.25, -0.2) is 4.39 Å². The molecule has 0 radical (unpaired) electrons. The Morgan fingerprint density at radius 1 is 1.00 bits per heavy atom. The van der Waals surface area contributed by atoms with Crippen molar-refractivity contribution in [3.8, 4) is 17.2 Å². The molecule has 6 nitrogen and oxygen atoms in total. The lowest BCUT2D eigenvalue weighted by atomic mass is 10.2. The highest BCUT2D eigenvalue weighted by Crippen LogP contribution is 2.38. The molecule has 0 aliphatic rings. The minimum absolute atomic E-state index is 0.282. The first-order valence-electron chi connectivity index (χ1n) is 8.19. The van der Waals surface area contributed by atoms with Crippen molar-refractivity contribution in [1.29, 1.82) is 0 Å². The first-order valence-corrected chi connectivity index (χ1v) is 8.99. The van der Waals surface area contributed by atoms with Crippen LogP contribution in [0.2, 0.25) is 0 Å². The maximum absolute atomic E-state index is 13.4. The monoisotopic (exact) mass is 439 g/mol. The highest BCUT2D eigenvalue weighted by molar-refractivity contribution is 9.10. The summed E-state index contributed by atoms with van der Waals surface area (Å²) >= 11 is 3.42. The van der Waals surface area contributed by atoms with Crippen LogP contribution in [0.1, 0.15) is 11.1 Å². The molecule has 0 amide bonds. The lowest BCUT2D eigenvalue weighted by Gasteiger charge is -2.16. The molecule has 0 unspecified atom stereocenters. The zero-order valence-electron chi connectivity index (χ0n) is 15.7. The number of hydrogen-bond acceptors (Lipinski definition) is 4. The van der Waals surface area contributed by atoms with Gasteiger partial charge in [0, 0.05) is 24.6 Å². The molecule has 0 bridgehead atoms. The van der Waals surface area contributed by atoms with Crippen LogP contribution < -0.4 is 24.8 Å². The number of rotatable bonds is 7. The molecule has 0 spiro atoms. The van der Waals surface area contributed by atoms with Gasteiger partial charge in [0.05, 0.1) is 21.3 Å². The number of nitrogens with one attached hydrogen (secondary N) is 2. The fourth-order valence-electron chi connectivity index (χ4n) is 2.50. The van der Waals surface area contributed by atoms with Gasteiger partial charge < -0.3 is 24.8 Å². The summed E-state index contributed by atoms with van der Waals surface area (Å²) in [6.45, 7) is 0.911. The molecule has 27 heavy (non-hydrogen) atoms. The number of hydrogen-bond donors (Lipinski definition) is 2. The van der Waals surface area contributed by atoms with Gasteiger partial charge in [-0.2, -0.15) is 0 Å². The van der Waals surface area contributed by atoms with Crippen molar-refractivity contribution in [3.63, 3.8) is 0 Å². The Balaban J connectivity index is 2.04. The number of aliphatic imine (C=N–C) groups is 1. The van der Waals surface area contributed by atoms with Gasteiger partial charge >= 0.3 is 0 Å². The second-order valence-corrected chi connectivity index (χ2v) is 6.40. The van der Waals surface area contributed by atoms with E-state index in [4.69, 9.17) is 14.2 Å². The molecule has 146 valence electrons. The summed E-state index contributed by atoms with van der Waals surface area (Å²) in [6, 6.07) is 8.29. The van der Waals surface area contributed by atoms with Gasteiger partial charge in [-0.1, -0.05) is 15.9 Å². The second-order valence-electron chi connectivity index (χ2n) is 5.55. The minimum atomic E-state index is -0.282. The van der Waals surface area contributed by atoms with Crippen LogP contribution in [-0.4, -0.2) is 34.3 Å². The summed E-state index contributed by atoms with van der Waals surface area (Å²) in [4.78, 5) is 4.19. The van der Waals surface area contributed by atoms with Gasteiger partial charge in [0.2, 0.25) is 5.75 Å². The number of benzene rings is 2. The quantitative estimate of drug-likeness (QED) is 0.510. The van der Waals surface area contributed by atoms with Crippen LogP contribution >= 0.6 is 15.9 Å². The zero-order valence-corrected chi connectivity index (χ0v) is 17.3. The van der Waals surface area contributed by atoms with Crippen molar-refractivity contribution in [2.45, 2.75) is 13.1 Å². The van der Waals surface area contributed by atoms with Crippen molar-refractivity contribution in [3.05, 3.63) is 51.7 Å². The van der Waals surface area contributed by atoms with E-state index in [2.05, 4.69) is 31.6 Å². The third-order valence-electron chi connectivity index (χ3n) is 3.86. The number of methoxy groups -OCH3 is 3. The molecule has 2 rings (SSSR count). The maximum Gasteiger partial charge on any atom is 0.203 e. The number of ether oxygens (including phenoxy) is 3. The fourth-order valence-corrected chi connectivity index (χ4v) is 2.89. The lowest BCUT2D eigenvalue weighted by Crippen LogP contribution is -2.36.